The van der Waals surface area contributed by atoms with E-state index in [9.17, 15) is 14.0 Å². The number of rotatable bonds is 3. The number of halogens is 1. The zero-order valence-electron chi connectivity index (χ0n) is 9.11. The average Bonchev–Trinajstić information content (AvgIpc) is 2.63. The van der Waals surface area contributed by atoms with Crippen LogP contribution in [0.1, 0.15) is 23.3 Å². The van der Waals surface area contributed by atoms with Gasteiger partial charge in [-0.15, -0.1) is 0 Å². The summed E-state index contributed by atoms with van der Waals surface area (Å²) in [6.45, 7) is 0.867. The van der Waals surface area contributed by atoms with Gasteiger partial charge in [0.2, 0.25) is 0 Å². The van der Waals surface area contributed by atoms with E-state index in [-0.39, 0.29) is 11.1 Å². The number of aromatic nitrogens is 2. The number of aromatic amines is 1. The molecule has 0 saturated heterocycles. The zero-order chi connectivity index (χ0) is 12.6. The number of aromatic carboxylic acids is 1. The van der Waals surface area contributed by atoms with Gasteiger partial charge in [-0.05, 0) is 19.1 Å². The van der Waals surface area contributed by atoms with Crippen LogP contribution in [0, 0.1) is 0 Å². The van der Waals surface area contributed by atoms with Gasteiger partial charge in [0.15, 0.2) is 0 Å². The van der Waals surface area contributed by atoms with E-state index in [0.717, 1.165) is 0 Å². The summed E-state index contributed by atoms with van der Waals surface area (Å²) in [7, 11) is 0. The van der Waals surface area contributed by atoms with Crippen LogP contribution >= 0.6 is 0 Å². The number of imidazole rings is 1. The molecule has 1 aromatic carbocycles. The first kappa shape index (κ1) is 11.4. The van der Waals surface area contributed by atoms with Gasteiger partial charge in [-0.2, -0.15) is 0 Å². The molecule has 0 aliphatic rings. The highest BCUT2D eigenvalue weighted by molar-refractivity contribution is 6.00. The molecule has 2 N–H and O–H groups in total. The summed E-state index contributed by atoms with van der Waals surface area (Å²) in [5.41, 5.74) is 0.133. The standard InChI is InChI=1S/C11H11FN2O3/c1-6(5-12)14-8-4-2-3-7(10(15)16)9(8)13-11(14)17/h2-4,6H,5H2,1H3,(H,13,17)(H,15,16). The van der Waals surface area contributed by atoms with Crippen molar-refractivity contribution in [1.29, 1.82) is 0 Å². The highest BCUT2D eigenvalue weighted by Crippen LogP contribution is 2.18. The van der Waals surface area contributed by atoms with Gasteiger partial charge in [-0.25, -0.2) is 14.0 Å². The van der Waals surface area contributed by atoms with Crippen LogP contribution < -0.4 is 5.69 Å². The topological polar surface area (TPSA) is 75.1 Å². The van der Waals surface area contributed by atoms with Crippen LogP contribution in [0.3, 0.4) is 0 Å². The maximum absolute atomic E-state index is 12.6. The Kier molecular flexibility index (Phi) is 2.71. The second kappa shape index (κ2) is 4.04. The fourth-order valence-corrected chi connectivity index (χ4v) is 1.83. The molecule has 0 saturated carbocycles. The smallest absolute Gasteiger partial charge is 0.337 e. The summed E-state index contributed by atoms with van der Waals surface area (Å²) >= 11 is 0. The van der Waals surface area contributed by atoms with Crippen LogP contribution in [0.4, 0.5) is 4.39 Å². The number of hydrogen-bond donors (Lipinski definition) is 2. The van der Waals surface area contributed by atoms with Gasteiger partial charge in [0.25, 0.3) is 0 Å². The number of nitrogens with one attached hydrogen (secondary N) is 1. The number of H-pyrrole nitrogens is 1. The van der Waals surface area contributed by atoms with Crippen molar-refractivity contribution in [3.8, 4) is 0 Å². The lowest BCUT2D eigenvalue weighted by Crippen LogP contribution is -2.21. The molecule has 1 aromatic heterocycles. The fourth-order valence-electron chi connectivity index (χ4n) is 1.83. The van der Waals surface area contributed by atoms with E-state index in [1.165, 1.54) is 16.7 Å². The van der Waals surface area contributed by atoms with Crippen molar-refractivity contribution in [2.75, 3.05) is 6.67 Å². The lowest BCUT2D eigenvalue weighted by atomic mass is 10.2. The molecule has 6 heteroatoms. The number of fused-ring (bicyclic) bond motifs is 1. The highest BCUT2D eigenvalue weighted by atomic mass is 19.1. The third-order valence-corrected chi connectivity index (χ3v) is 2.65. The fraction of sp³-hybridized carbons (Fsp3) is 0.273. The molecule has 1 atom stereocenters. The summed E-state index contributed by atoms with van der Waals surface area (Å²) < 4.78 is 13.9. The minimum atomic E-state index is -1.13. The Bertz CT molecular complexity index is 629. The number of benzene rings is 1. The van der Waals surface area contributed by atoms with Crippen molar-refractivity contribution < 1.29 is 14.3 Å². The minimum Gasteiger partial charge on any atom is -0.478 e. The number of alkyl halides is 1. The minimum absolute atomic E-state index is 0.00408. The molecule has 0 bridgehead atoms. The molecule has 1 unspecified atom stereocenters. The Morgan fingerprint density at radius 2 is 2.29 bits per heavy atom. The first-order valence-corrected chi connectivity index (χ1v) is 5.08. The van der Waals surface area contributed by atoms with Crippen molar-refractivity contribution in [3.63, 3.8) is 0 Å². The van der Waals surface area contributed by atoms with Crippen molar-refractivity contribution in [1.82, 2.24) is 9.55 Å². The van der Waals surface area contributed by atoms with E-state index in [4.69, 9.17) is 5.11 Å². The largest absolute Gasteiger partial charge is 0.478 e. The van der Waals surface area contributed by atoms with Crippen molar-refractivity contribution >= 4 is 17.0 Å². The Labute approximate surface area is 95.5 Å². The van der Waals surface area contributed by atoms with E-state index < -0.39 is 24.4 Å². The van der Waals surface area contributed by atoms with Gasteiger partial charge in [-0.1, -0.05) is 6.07 Å². The molecule has 2 rings (SSSR count). The third-order valence-electron chi connectivity index (χ3n) is 2.65. The third kappa shape index (κ3) is 1.71. The molecule has 2 aromatic rings. The molecule has 0 aliphatic carbocycles. The number of nitrogens with zero attached hydrogens (tertiary/aromatic N) is 1. The van der Waals surface area contributed by atoms with Crippen molar-refractivity contribution in [2.24, 2.45) is 0 Å². The van der Waals surface area contributed by atoms with Gasteiger partial charge < -0.3 is 10.1 Å². The van der Waals surface area contributed by atoms with Crippen LogP contribution in [0.15, 0.2) is 23.0 Å². The van der Waals surface area contributed by atoms with Crippen LogP contribution in [0.25, 0.3) is 11.0 Å². The monoisotopic (exact) mass is 238 g/mol. The van der Waals surface area contributed by atoms with Gasteiger partial charge in [-0.3, -0.25) is 4.57 Å². The van der Waals surface area contributed by atoms with Crippen molar-refractivity contribution in [3.05, 3.63) is 34.2 Å². The molecular formula is C11H11FN2O3. The first-order chi connectivity index (χ1) is 8.06. The molecule has 0 fully saturated rings. The number of carboxylic acid groups (broad SMARTS) is 1. The van der Waals surface area contributed by atoms with Crippen LogP contribution in [0.5, 0.6) is 0 Å². The predicted molar refractivity (Wildman–Crippen MR) is 60.2 cm³/mol. The Morgan fingerprint density at radius 1 is 1.59 bits per heavy atom. The van der Waals surface area contributed by atoms with Gasteiger partial charge in [0, 0.05) is 0 Å². The van der Waals surface area contributed by atoms with Crippen molar-refractivity contribution in [2.45, 2.75) is 13.0 Å². The normalized spacial score (nSPS) is 12.8. The lowest BCUT2D eigenvalue weighted by Gasteiger charge is -2.08. The van der Waals surface area contributed by atoms with Crippen LogP contribution in [0.2, 0.25) is 0 Å². The summed E-state index contributed by atoms with van der Waals surface area (Å²) in [5.74, 6) is -1.13. The maximum Gasteiger partial charge on any atom is 0.337 e. The molecule has 90 valence electrons. The average molecular weight is 238 g/mol. The maximum atomic E-state index is 12.6. The number of carbonyl (C=O) groups is 1. The zero-order valence-corrected chi connectivity index (χ0v) is 9.11. The predicted octanol–water partition coefficient (Wildman–Crippen LogP) is 1.56. The van der Waals surface area contributed by atoms with Gasteiger partial charge in [0.05, 0.1) is 22.6 Å². The lowest BCUT2D eigenvalue weighted by molar-refractivity contribution is 0.0699. The van der Waals surface area contributed by atoms with Crippen LogP contribution in [-0.2, 0) is 0 Å². The summed E-state index contributed by atoms with van der Waals surface area (Å²) in [6, 6.07) is 3.89. The summed E-state index contributed by atoms with van der Waals surface area (Å²) in [4.78, 5) is 25.1. The number of carboxylic acids is 1. The first-order valence-electron chi connectivity index (χ1n) is 5.08. The molecule has 0 radical (unpaired) electrons. The highest BCUT2D eigenvalue weighted by Gasteiger charge is 2.17. The van der Waals surface area contributed by atoms with Crippen LogP contribution in [-0.4, -0.2) is 27.3 Å². The number of hydrogen-bond acceptors (Lipinski definition) is 2. The molecule has 0 spiro atoms. The van der Waals surface area contributed by atoms with E-state index in [1.54, 1.807) is 13.0 Å². The molecular weight excluding hydrogens is 227 g/mol. The Morgan fingerprint density at radius 3 is 2.88 bits per heavy atom. The quantitative estimate of drug-likeness (QED) is 0.852. The van der Waals surface area contributed by atoms with E-state index in [2.05, 4.69) is 4.98 Å². The SMILES string of the molecule is CC(CF)n1c(=O)[nH]c2c(C(=O)O)cccc21. The second-order valence-corrected chi connectivity index (χ2v) is 3.81. The summed E-state index contributed by atoms with van der Waals surface area (Å²) in [5, 5.41) is 8.97. The molecule has 5 nitrogen and oxygen atoms in total. The van der Waals surface area contributed by atoms with Gasteiger partial charge in [0.1, 0.15) is 6.67 Å². The molecule has 17 heavy (non-hydrogen) atoms. The molecule has 1 heterocycles. The second-order valence-electron chi connectivity index (χ2n) is 3.81. The van der Waals surface area contributed by atoms with E-state index in [0.29, 0.717) is 5.52 Å². The summed E-state index contributed by atoms with van der Waals surface area (Å²) in [6.07, 6.45) is 0. The van der Waals surface area contributed by atoms with Gasteiger partial charge >= 0.3 is 11.7 Å². The number of para-hydroxylation sites is 1. The molecule has 0 amide bonds. The Hall–Kier alpha value is -2.11. The van der Waals surface area contributed by atoms with E-state index in [1.807, 2.05) is 0 Å². The Balaban J connectivity index is 2.81. The van der Waals surface area contributed by atoms with E-state index >= 15 is 0 Å². The molecule has 0 aliphatic heterocycles.